The third-order valence-electron chi connectivity index (χ3n) is 3.69. The monoisotopic (exact) mass is 269 g/mol. The summed E-state index contributed by atoms with van der Waals surface area (Å²) in [5, 5.41) is 0.609. The van der Waals surface area contributed by atoms with Gasteiger partial charge in [-0.1, -0.05) is 24.6 Å². The highest BCUT2D eigenvalue weighted by molar-refractivity contribution is 6.32. The second-order valence-corrected chi connectivity index (χ2v) is 5.10. The molecule has 100 valence electrons. The van der Waals surface area contributed by atoms with Gasteiger partial charge in [-0.25, -0.2) is 0 Å². The van der Waals surface area contributed by atoms with Gasteiger partial charge < -0.3 is 15.2 Å². The quantitative estimate of drug-likeness (QED) is 0.913. The fourth-order valence-corrected chi connectivity index (χ4v) is 2.90. The van der Waals surface area contributed by atoms with E-state index in [0.717, 1.165) is 25.0 Å². The third kappa shape index (κ3) is 2.63. The van der Waals surface area contributed by atoms with Crippen molar-refractivity contribution in [3.63, 3.8) is 0 Å². The molecule has 3 atom stereocenters. The average Bonchev–Trinajstić information content (AvgIpc) is 2.86. The maximum Gasteiger partial charge on any atom is 0.137 e. The molecule has 1 saturated heterocycles. The minimum Gasteiger partial charge on any atom is -0.495 e. The Bertz CT molecular complexity index is 411. The first-order valence-electron chi connectivity index (χ1n) is 6.38. The van der Waals surface area contributed by atoms with E-state index in [1.807, 2.05) is 18.2 Å². The number of ether oxygens (including phenoxy) is 2. The number of rotatable bonds is 4. The number of halogens is 1. The Balaban J connectivity index is 2.18. The molecule has 3 nitrogen and oxygen atoms in total. The van der Waals surface area contributed by atoms with E-state index in [2.05, 4.69) is 6.92 Å². The maximum atomic E-state index is 6.35. The van der Waals surface area contributed by atoms with Gasteiger partial charge in [-0.05, 0) is 30.5 Å². The van der Waals surface area contributed by atoms with Crippen molar-refractivity contribution in [3.8, 4) is 5.75 Å². The molecule has 0 bridgehead atoms. The van der Waals surface area contributed by atoms with Crippen molar-refractivity contribution in [3.05, 3.63) is 28.8 Å². The summed E-state index contributed by atoms with van der Waals surface area (Å²) in [6.07, 6.45) is 2.28. The molecule has 1 heterocycles. The van der Waals surface area contributed by atoms with E-state index in [9.17, 15) is 0 Å². The summed E-state index contributed by atoms with van der Waals surface area (Å²) in [6.45, 7) is 2.94. The fraction of sp³-hybridized carbons (Fsp3) is 0.571. The van der Waals surface area contributed by atoms with Gasteiger partial charge in [-0.2, -0.15) is 0 Å². The SMILES string of the molecule is CCC1OCCC1C(N)c1ccc(OC)c(Cl)c1. The first kappa shape index (κ1) is 13.7. The molecule has 0 radical (unpaired) electrons. The van der Waals surface area contributed by atoms with Crippen molar-refractivity contribution in [1.29, 1.82) is 0 Å². The lowest BCUT2D eigenvalue weighted by atomic mass is 9.87. The summed E-state index contributed by atoms with van der Waals surface area (Å²) in [5.74, 6) is 1.06. The van der Waals surface area contributed by atoms with E-state index in [0.29, 0.717) is 16.7 Å². The van der Waals surface area contributed by atoms with Crippen LogP contribution >= 0.6 is 11.6 Å². The lowest BCUT2D eigenvalue weighted by molar-refractivity contribution is 0.0813. The van der Waals surface area contributed by atoms with Gasteiger partial charge in [0.1, 0.15) is 5.75 Å². The predicted octanol–water partition coefficient (Wildman–Crippen LogP) is 3.16. The Hall–Kier alpha value is -0.770. The van der Waals surface area contributed by atoms with Gasteiger partial charge in [0.25, 0.3) is 0 Å². The molecule has 0 amide bonds. The zero-order valence-corrected chi connectivity index (χ0v) is 11.6. The van der Waals surface area contributed by atoms with Gasteiger partial charge >= 0.3 is 0 Å². The van der Waals surface area contributed by atoms with Crippen LogP contribution in [0.4, 0.5) is 0 Å². The third-order valence-corrected chi connectivity index (χ3v) is 3.98. The van der Waals surface area contributed by atoms with Crippen LogP contribution in [-0.4, -0.2) is 19.8 Å². The Morgan fingerprint density at radius 1 is 1.56 bits per heavy atom. The molecule has 0 aromatic heterocycles. The summed E-state index contributed by atoms with van der Waals surface area (Å²) in [4.78, 5) is 0. The summed E-state index contributed by atoms with van der Waals surface area (Å²) in [7, 11) is 1.61. The van der Waals surface area contributed by atoms with Crippen LogP contribution in [0.5, 0.6) is 5.75 Å². The molecule has 2 rings (SSSR count). The number of benzene rings is 1. The van der Waals surface area contributed by atoms with Gasteiger partial charge in [-0.3, -0.25) is 0 Å². The predicted molar refractivity (Wildman–Crippen MR) is 73.1 cm³/mol. The summed E-state index contributed by atoms with van der Waals surface area (Å²) in [5.41, 5.74) is 7.40. The summed E-state index contributed by atoms with van der Waals surface area (Å²) in [6, 6.07) is 5.73. The normalized spacial score (nSPS) is 25.1. The van der Waals surface area contributed by atoms with Crippen molar-refractivity contribution in [2.75, 3.05) is 13.7 Å². The van der Waals surface area contributed by atoms with Crippen LogP contribution in [0, 0.1) is 5.92 Å². The van der Waals surface area contributed by atoms with E-state index in [1.54, 1.807) is 7.11 Å². The highest BCUT2D eigenvalue weighted by Crippen LogP contribution is 2.35. The molecule has 2 N–H and O–H groups in total. The van der Waals surface area contributed by atoms with Crippen molar-refractivity contribution in [1.82, 2.24) is 0 Å². The molecule has 1 aromatic carbocycles. The molecule has 18 heavy (non-hydrogen) atoms. The first-order valence-corrected chi connectivity index (χ1v) is 6.75. The smallest absolute Gasteiger partial charge is 0.137 e. The van der Waals surface area contributed by atoms with Crippen molar-refractivity contribution < 1.29 is 9.47 Å². The number of hydrogen-bond acceptors (Lipinski definition) is 3. The average molecular weight is 270 g/mol. The number of hydrogen-bond donors (Lipinski definition) is 1. The Labute approximate surface area is 113 Å². The molecule has 0 spiro atoms. The highest BCUT2D eigenvalue weighted by Gasteiger charge is 2.32. The zero-order chi connectivity index (χ0) is 13.1. The first-order chi connectivity index (χ1) is 8.67. The summed E-state index contributed by atoms with van der Waals surface area (Å²) >= 11 is 6.14. The van der Waals surface area contributed by atoms with Crippen LogP contribution in [0.1, 0.15) is 31.4 Å². The van der Waals surface area contributed by atoms with Gasteiger partial charge in [0.2, 0.25) is 0 Å². The topological polar surface area (TPSA) is 44.5 Å². The van der Waals surface area contributed by atoms with Crippen molar-refractivity contribution in [2.45, 2.75) is 31.9 Å². The zero-order valence-electron chi connectivity index (χ0n) is 10.9. The van der Waals surface area contributed by atoms with Crippen LogP contribution in [-0.2, 0) is 4.74 Å². The Morgan fingerprint density at radius 2 is 2.33 bits per heavy atom. The fourth-order valence-electron chi connectivity index (χ4n) is 2.63. The second kappa shape index (κ2) is 5.91. The highest BCUT2D eigenvalue weighted by atomic mass is 35.5. The molecular weight excluding hydrogens is 250 g/mol. The largest absolute Gasteiger partial charge is 0.495 e. The van der Waals surface area contributed by atoms with E-state index < -0.39 is 0 Å². The maximum absolute atomic E-state index is 6.35. The molecule has 0 saturated carbocycles. The van der Waals surface area contributed by atoms with Crippen LogP contribution < -0.4 is 10.5 Å². The van der Waals surface area contributed by atoms with Crippen molar-refractivity contribution >= 4 is 11.6 Å². The lowest BCUT2D eigenvalue weighted by Crippen LogP contribution is -2.28. The second-order valence-electron chi connectivity index (χ2n) is 4.69. The molecule has 3 unspecified atom stereocenters. The van der Waals surface area contributed by atoms with Crippen LogP contribution in [0.2, 0.25) is 5.02 Å². The summed E-state index contributed by atoms with van der Waals surface area (Å²) < 4.78 is 10.8. The standard InChI is InChI=1S/C14H20ClNO2/c1-3-12-10(6-7-18-12)14(16)9-4-5-13(17-2)11(15)8-9/h4-5,8,10,12,14H,3,6-7,16H2,1-2H3. The molecule has 1 aromatic rings. The van der Waals surface area contributed by atoms with Crippen molar-refractivity contribution in [2.24, 2.45) is 11.7 Å². The molecule has 1 fully saturated rings. The minimum atomic E-state index is -0.0270. The van der Waals surface area contributed by atoms with Gasteiger partial charge in [0.05, 0.1) is 18.2 Å². The number of methoxy groups -OCH3 is 1. The molecular formula is C14H20ClNO2. The van der Waals surface area contributed by atoms with E-state index in [4.69, 9.17) is 26.8 Å². The molecule has 1 aliphatic heterocycles. The Kier molecular flexibility index (Phi) is 4.49. The van der Waals surface area contributed by atoms with E-state index >= 15 is 0 Å². The van der Waals surface area contributed by atoms with Crippen LogP contribution in [0.25, 0.3) is 0 Å². The van der Waals surface area contributed by atoms with Gasteiger partial charge in [0, 0.05) is 18.6 Å². The van der Waals surface area contributed by atoms with E-state index in [1.165, 1.54) is 0 Å². The molecule has 0 aliphatic carbocycles. The van der Waals surface area contributed by atoms with E-state index in [-0.39, 0.29) is 12.1 Å². The lowest BCUT2D eigenvalue weighted by Gasteiger charge is -2.24. The van der Waals surface area contributed by atoms with Gasteiger partial charge in [-0.15, -0.1) is 0 Å². The number of nitrogens with two attached hydrogens (primary N) is 1. The van der Waals surface area contributed by atoms with Crippen LogP contribution in [0.3, 0.4) is 0 Å². The van der Waals surface area contributed by atoms with Gasteiger partial charge in [0.15, 0.2) is 0 Å². The minimum absolute atomic E-state index is 0.0270. The van der Waals surface area contributed by atoms with Crippen LogP contribution in [0.15, 0.2) is 18.2 Å². The molecule has 1 aliphatic rings. The Morgan fingerprint density at radius 3 is 2.94 bits per heavy atom. The molecule has 4 heteroatoms.